The van der Waals surface area contributed by atoms with Gasteiger partial charge in [-0.25, -0.2) is 19.3 Å². The molecule has 0 saturated carbocycles. The number of anilines is 2. The summed E-state index contributed by atoms with van der Waals surface area (Å²) >= 11 is 0. The maximum absolute atomic E-state index is 14.5. The molecule has 0 N–H and O–H groups in total. The molecule has 144 valence electrons. The van der Waals surface area contributed by atoms with Gasteiger partial charge in [0, 0.05) is 25.8 Å². The van der Waals surface area contributed by atoms with Gasteiger partial charge in [0.25, 0.3) is 0 Å². The predicted octanol–water partition coefficient (Wildman–Crippen LogP) is 3.44. The first-order valence-corrected chi connectivity index (χ1v) is 8.87. The highest BCUT2D eigenvalue weighted by Gasteiger charge is 2.42. The molecule has 9 heteroatoms. The summed E-state index contributed by atoms with van der Waals surface area (Å²) in [6, 6.07) is 2.24. The van der Waals surface area contributed by atoms with Crippen molar-refractivity contribution in [2.24, 2.45) is 5.92 Å². The molecule has 2 unspecified atom stereocenters. The first-order valence-electron chi connectivity index (χ1n) is 8.87. The fraction of sp³-hybridized carbons (Fsp3) is 0.500. The van der Waals surface area contributed by atoms with E-state index in [1.807, 2.05) is 4.90 Å². The minimum Gasteiger partial charge on any atom is -0.354 e. The van der Waals surface area contributed by atoms with Crippen LogP contribution in [0.2, 0.25) is 0 Å². The molecule has 0 amide bonds. The Morgan fingerprint density at radius 1 is 1.07 bits per heavy atom. The Bertz CT molecular complexity index is 841. The summed E-state index contributed by atoms with van der Waals surface area (Å²) in [5, 5.41) is 0. The van der Waals surface area contributed by atoms with Gasteiger partial charge in [0.1, 0.15) is 12.1 Å². The number of halogens is 4. The molecule has 0 aromatic carbocycles. The zero-order valence-corrected chi connectivity index (χ0v) is 14.7. The van der Waals surface area contributed by atoms with Crippen molar-refractivity contribution in [3.05, 3.63) is 41.7 Å². The van der Waals surface area contributed by atoms with Crippen molar-refractivity contribution in [3.8, 4) is 0 Å². The Labute approximate surface area is 154 Å². The van der Waals surface area contributed by atoms with Crippen molar-refractivity contribution in [2.45, 2.75) is 32.0 Å². The van der Waals surface area contributed by atoms with Gasteiger partial charge in [-0.1, -0.05) is 0 Å². The molecule has 27 heavy (non-hydrogen) atoms. The van der Waals surface area contributed by atoms with Crippen LogP contribution in [0.15, 0.2) is 24.7 Å². The van der Waals surface area contributed by atoms with E-state index in [4.69, 9.17) is 0 Å². The molecule has 2 aromatic heterocycles. The normalized spacial score (nSPS) is 22.9. The van der Waals surface area contributed by atoms with Crippen molar-refractivity contribution < 1.29 is 17.6 Å². The Kier molecular flexibility index (Phi) is 4.39. The molecular weight excluding hydrogens is 362 g/mol. The van der Waals surface area contributed by atoms with Crippen molar-refractivity contribution in [3.63, 3.8) is 0 Å². The number of rotatable bonds is 2. The molecule has 2 aliphatic rings. The van der Waals surface area contributed by atoms with E-state index >= 15 is 0 Å². The van der Waals surface area contributed by atoms with Crippen LogP contribution in [0.1, 0.15) is 24.1 Å². The van der Waals surface area contributed by atoms with Crippen LogP contribution in [0.4, 0.5) is 29.2 Å². The maximum atomic E-state index is 14.5. The molecular formula is C18H19F4N5. The average molecular weight is 381 g/mol. The van der Waals surface area contributed by atoms with E-state index in [-0.39, 0.29) is 23.4 Å². The van der Waals surface area contributed by atoms with Gasteiger partial charge in [-0.15, -0.1) is 0 Å². The molecule has 4 rings (SSSR count). The zero-order valence-electron chi connectivity index (χ0n) is 14.7. The lowest BCUT2D eigenvalue weighted by Crippen LogP contribution is -2.49. The Morgan fingerprint density at radius 2 is 1.85 bits per heavy atom. The number of hydrogen-bond acceptors (Lipinski definition) is 5. The van der Waals surface area contributed by atoms with E-state index in [1.165, 1.54) is 18.6 Å². The first kappa shape index (κ1) is 17.9. The van der Waals surface area contributed by atoms with Crippen LogP contribution in [0.25, 0.3) is 0 Å². The van der Waals surface area contributed by atoms with Crippen LogP contribution in [0, 0.1) is 18.7 Å². The molecule has 2 saturated heterocycles. The predicted molar refractivity (Wildman–Crippen MR) is 92.0 cm³/mol. The van der Waals surface area contributed by atoms with Crippen LogP contribution >= 0.6 is 0 Å². The van der Waals surface area contributed by atoms with Gasteiger partial charge < -0.3 is 9.80 Å². The van der Waals surface area contributed by atoms with Crippen LogP contribution in [-0.2, 0) is 6.18 Å². The largest absolute Gasteiger partial charge is 0.419 e. The minimum atomic E-state index is -4.47. The summed E-state index contributed by atoms with van der Waals surface area (Å²) in [6.45, 7) is 3.06. The number of alkyl halides is 3. The molecule has 2 atom stereocenters. The molecule has 0 spiro atoms. The van der Waals surface area contributed by atoms with E-state index in [0.717, 1.165) is 18.9 Å². The molecule has 0 bridgehead atoms. The van der Waals surface area contributed by atoms with E-state index in [2.05, 4.69) is 15.0 Å². The van der Waals surface area contributed by atoms with E-state index in [1.54, 1.807) is 11.8 Å². The second-order valence-corrected chi connectivity index (χ2v) is 7.01. The minimum absolute atomic E-state index is 0.0605. The lowest BCUT2D eigenvalue weighted by Gasteiger charge is -2.40. The Morgan fingerprint density at radius 3 is 2.63 bits per heavy atom. The summed E-state index contributed by atoms with van der Waals surface area (Å²) in [5.74, 6) is 0.00150. The molecule has 0 aliphatic carbocycles. The van der Waals surface area contributed by atoms with Gasteiger partial charge in [-0.05, 0) is 37.8 Å². The number of pyridine rings is 1. The van der Waals surface area contributed by atoms with Gasteiger partial charge in [0.05, 0.1) is 17.3 Å². The fourth-order valence-corrected chi connectivity index (χ4v) is 4.11. The van der Waals surface area contributed by atoms with Crippen LogP contribution in [-0.4, -0.2) is 40.6 Å². The van der Waals surface area contributed by atoms with Crippen LogP contribution in [0.5, 0.6) is 0 Å². The van der Waals surface area contributed by atoms with Gasteiger partial charge in [-0.2, -0.15) is 13.2 Å². The summed E-state index contributed by atoms with van der Waals surface area (Å²) in [5.41, 5.74) is -0.475. The smallest absolute Gasteiger partial charge is 0.354 e. The number of hydrogen-bond donors (Lipinski definition) is 0. The summed E-state index contributed by atoms with van der Waals surface area (Å²) in [6.07, 6.45) is -0.166. The third-order valence-corrected chi connectivity index (χ3v) is 5.47. The monoisotopic (exact) mass is 381 g/mol. The van der Waals surface area contributed by atoms with Crippen molar-refractivity contribution in [1.29, 1.82) is 0 Å². The number of aryl methyl sites for hydroxylation is 1. The number of aromatic nitrogens is 3. The first-order chi connectivity index (χ1) is 12.9. The molecule has 2 aliphatic heterocycles. The molecule has 5 nitrogen and oxygen atoms in total. The summed E-state index contributed by atoms with van der Waals surface area (Å²) in [4.78, 5) is 15.5. The third-order valence-electron chi connectivity index (χ3n) is 5.47. The zero-order chi connectivity index (χ0) is 19.2. The molecule has 2 fully saturated rings. The van der Waals surface area contributed by atoms with Crippen LogP contribution < -0.4 is 9.80 Å². The number of fused-ring (bicyclic) bond motifs is 1. The van der Waals surface area contributed by atoms with Gasteiger partial charge in [0.2, 0.25) is 0 Å². The third kappa shape index (κ3) is 3.19. The SMILES string of the molecule is Cc1ncnc(N2CCC3CCN(c4ncccc4C(F)(F)F)CC32)c1F. The lowest BCUT2D eigenvalue weighted by atomic mass is 9.92. The molecule has 4 heterocycles. The highest BCUT2D eigenvalue weighted by molar-refractivity contribution is 5.51. The highest BCUT2D eigenvalue weighted by Crippen LogP contribution is 2.40. The molecule has 0 radical (unpaired) electrons. The quantitative estimate of drug-likeness (QED) is 0.746. The Hall–Kier alpha value is -2.45. The van der Waals surface area contributed by atoms with Crippen molar-refractivity contribution >= 4 is 11.6 Å². The van der Waals surface area contributed by atoms with Gasteiger partial charge in [0.15, 0.2) is 11.6 Å². The summed E-state index contributed by atoms with van der Waals surface area (Å²) in [7, 11) is 0. The summed E-state index contributed by atoms with van der Waals surface area (Å²) < 4.78 is 54.6. The number of piperidine rings is 1. The Balaban J connectivity index is 1.64. The van der Waals surface area contributed by atoms with Crippen molar-refractivity contribution in [1.82, 2.24) is 15.0 Å². The second-order valence-electron chi connectivity index (χ2n) is 7.01. The lowest BCUT2D eigenvalue weighted by molar-refractivity contribution is -0.137. The fourth-order valence-electron chi connectivity index (χ4n) is 4.11. The van der Waals surface area contributed by atoms with Crippen molar-refractivity contribution in [2.75, 3.05) is 29.4 Å². The average Bonchev–Trinajstić information content (AvgIpc) is 3.06. The van der Waals surface area contributed by atoms with Gasteiger partial charge in [-0.3, -0.25) is 0 Å². The maximum Gasteiger partial charge on any atom is 0.419 e. The topological polar surface area (TPSA) is 45.2 Å². The second kappa shape index (κ2) is 6.61. The highest BCUT2D eigenvalue weighted by atomic mass is 19.4. The number of nitrogens with zero attached hydrogens (tertiary/aromatic N) is 5. The van der Waals surface area contributed by atoms with E-state index < -0.39 is 17.6 Å². The van der Waals surface area contributed by atoms with E-state index in [0.29, 0.717) is 25.6 Å². The van der Waals surface area contributed by atoms with Gasteiger partial charge >= 0.3 is 6.18 Å². The van der Waals surface area contributed by atoms with E-state index in [9.17, 15) is 17.6 Å². The van der Waals surface area contributed by atoms with Crippen LogP contribution in [0.3, 0.4) is 0 Å². The standard InChI is InChI=1S/C18H19F4N5/c1-11-15(19)17(25-10-24-11)27-8-5-12-4-7-26(9-14(12)27)16-13(18(20,21)22)3-2-6-23-16/h2-3,6,10,12,14H,4-5,7-9H2,1H3. The molecule has 2 aromatic rings.